The number of halogens is 1. The van der Waals surface area contributed by atoms with Gasteiger partial charge in [0, 0.05) is 15.1 Å². The van der Waals surface area contributed by atoms with E-state index in [0.29, 0.717) is 11.3 Å². The number of methoxy groups -OCH3 is 1. The highest BCUT2D eigenvalue weighted by molar-refractivity contribution is 9.10. The van der Waals surface area contributed by atoms with Crippen molar-refractivity contribution in [1.82, 2.24) is 0 Å². The van der Waals surface area contributed by atoms with Crippen LogP contribution in [-0.2, 0) is 9.53 Å². The molecule has 0 fully saturated rings. The van der Waals surface area contributed by atoms with Gasteiger partial charge in [0.15, 0.2) is 0 Å². The van der Waals surface area contributed by atoms with Gasteiger partial charge in [-0.25, -0.2) is 0 Å². The predicted octanol–water partition coefficient (Wildman–Crippen LogP) is 3.22. The van der Waals surface area contributed by atoms with Gasteiger partial charge in [0.2, 0.25) is 0 Å². The fourth-order valence-corrected chi connectivity index (χ4v) is 2.55. The van der Waals surface area contributed by atoms with Gasteiger partial charge in [-0.2, -0.15) is 5.26 Å². The van der Waals surface area contributed by atoms with E-state index in [1.807, 2.05) is 19.1 Å². The molecule has 0 aliphatic heterocycles. The standard InChI is InChI=1S/C12H12BrNO2S/c1-8(12(15)16-2)7-17-11-4-3-10(13)5-9(11)6-14/h3-5,8H,7H2,1-2H3. The lowest BCUT2D eigenvalue weighted by atomic mass is 10.2. The van der Waals surface area contributed by atoms with E-state index in [1.165, 1.54) is 18.9 Å². The predicted molar refractivity (Wildman–Crippen MR) is 70.8 cm³/mol. The van der Waals surface area contributed by atoms with Crippen molar-refractivity contribution in [3.8, 4) is 6.07 Å². The van der Waals surface area contributed by atoms with Crippen LogP contribution in [0.25, 0.3) is 0 Å². The lowest BCUT2D eigenvalue weighted by Gasteiger charge is -2.09. The quantitative estimate of drug-likeness (QED) is 0.632. The van der Waals surface area contributed by atoms with Crippen molar-refractivity contribution in [3.63, 3.8) is 0 Å². The molecule has 0 aliphatic rings. The van der Waals surface area contributed by atoms with Gasteiger partial charge in [-0.05, 0) is 18.2 Å². The minimum absolute atomic E-state index is 0.180. The first-order chi connectivity index (χ1) is 8.08. The Hall–Kier alpha value is -0.990. The first-order valence-corrected chi connectivity index (χ1v) is 6.76. The molecule has 1 rings (SSSR count). The summed E-state index contributed by atoms with van der Waals surface area (Å²) in [6, 6.07) is 7.66. The summed E-state index contributed by atoms with van der Waals surface area (Å²) in [5.74, 6) is 0.191. The summed E-state index contributed by atoms with van der Waals surface area (Å²) in [4.78, 5) is 12.1. The van der Waals surface area contributed by atoms with E-state index in [2.05, 4.69) is 26.7 Å². The summed E-state index contributed by atoms with van der Waals surface area (Å²) in [7, 11) is 1.38. The van der Waals surface area contributed by atoms with Crippen LogP contribution in [-0.4, -0.2) is 18.8 Å². The normalized spacial score (nSPS) is 11.6. The first-order valence-electron chi connectivity index (χ1n) is 4.98. The van der Waals surface area contributed by atoms with E-state index in [0.717, 1.165) is 9.37 Å². The van der Waals surface area contributed by atoms with Gasteiger partial charge < -0.3 is 4.74 Å². The highest BCUT2D eigenvalue weighted by Crippen LogP contribution is 2.27. The molecule has 0 saturated heterocycles. The number of rotatable bonds is 4. The number of carbonyl (C=O) groups excluding carboxylic acids is 1. The molecule has 17 heavy (non-hydrogen) atoms. The Kier molecular flexibility index (Phi) is 5.52. The van der Waals surface area contributed by atoms with Crippen molar-refractivity contribution in [2.45, 2.75) is 11.8 Å². The summed E-state index contributed by atoms with van der Waals surface area (Å²) in [6.45, 7) is 1.81. The van der Waals surface area contributed by atoms with Crippen molar-refractivity contribution in [2.75, 3.05) is 12.9 Å². The molecule has 0 amide bonds. The molecule has 0 saturated carbocycles. The van der Waals surface area contributed by atoms with Gasteiger partial charge in [0.1, 0.15) is 6.07 Å². The van der Waals surface area contributed by atoms with Gasteiger partial charge in [-0.3, -0.25) is 4.79 Å². The summed E-state index contributed by atoms with van der Waals surface area (Å²) in [5.41, 5.74) is 0.612. The van der Waals surface area contributed by atoms with E-state index >= 15 is 0 Å². The third-order valence-electron chi connectivity index (χ3n) is 2.15. The average Bonchev–Trinajstić information content (AvgIpc) is 2.35. The second-order valence-electron chi connectivity index (χ2n) is 3.49. The summed E-state index contributed by atoms with van der Waals surface area (Å²) >= 11 is 4.81. The van der Waals surface area contributed by atoms with Gasteiger partial charge in [0.05, 0.1) is 18.6 Å². The van der Waals surface area contributed by atoms with Crippen molar-refractivity contribution in [2.24, 2.45) is 5.92 Å². The molecule has 1 atom stereocenters. The lowest BCUT2D eigenvalue weighted by Crippen LogP contribution is -2.14. The number of esters is 1. The second kappa shape index (κ2) is 6.67. The molecule has 0 bridgehead atoms. The third-order valence-corrected chi connectivity index (χ3v) is 3.98. The van der Waals surface area contributed by atoms with E-state index in [4.69, 9.17) is 5.26 Å². The van der Waals surface area contributed by atoms with Crippen molar-refractivity contribution in [3.05, 3.63) is 28.2 Å². The molecular formula is C12H12BrNO2S. The Morgan fingerprint density at radius 1 is 1.65 bits per heavy atom. The lowest BCUT2D eigenvalue weighted by molar-refractivity contribution is -0.143. The van der Waals surface area contributed by atoms with E-state index in [-0.39, 0.29) is 11.9 Å². The Morgan fingerprint density at radius 2 is 2.35 bits per heavy atom. The van der Waals surface area contributed by atoms with Gasteiger partial charge >= 0.3 is 5.97 Å². The third kappa shape index (κ3) is 4.06. The van der Waals surface area contributed by atoms with Crippen molar-refractivity contribution >= 4 is 33.7 Å². The monoisotopic (exact) mass is 313 g/mol. The van der Waals surface area contributed by atoms with Crippen LogP contribution in [0.1, 0.15) is 12.5 Å². The number of hydrogen-bond acceptors (Lipinski definition) is 4. The fraction of sp³-hybridized carbons (Fsp3) is 0.333. The molecular weight excluding hydrogens is 302 g/mol. The Morgan fingerprint density at radius 3 is 2.94 bits per heavy atom. The topological polar surface area (TPSA) is 50.1 Å². The van der Waals surface area contributed by atoms with Crippen molar-refractivity contribution in [1.29, 1.82) is 5.26 Å². The van der Waals surface area contributed by atoms with Gasteiger partial charge in [-0.15, -0.1) is 11.8 Å². The van der Waals surface area contributed by atoms with Crippen LogP contribution in [0.2, 0.25) is 0 Å². The Balaban J connectivity index is 2.70. The zero-order chi connectivity index (χ0) is 12.8. The maximum Gasteiger partial charge on any atom is 0.309 e. The Labute approximate surface area is 113 Å². The number of carbonyl (C=O) groups is 1. The zero-order valence-electron chi connectivity index (χ0n) is 9.57. The fourth-order valence-electron chi connectivity index (χ4n) is 1.20. The largest absolute Gasteiger partial charge is 0.469 e. The van der Waals surface area contributed by atoms with Crippen LogP contribution < -0.4 is 0 Å². The van der Waals surface area contributed by atoms with Crippen LogP contribution in [0.5, 0.6) is 0 Å². The molecule has 0 aliphatic carbocycles. The summed E-state index contributed by atoms with van der Waals surface area (Å²) < 4.78 is 5.53. The molecule has 1 aromatic carbocycles. The van der Waals surface area contributed by atoms with E-state index in [9.17, 15) is 4.79 Å². The number of nitrogens with zero attached hydrogens (tertiary/aromatic N) is 1. The van der Waals surface area contributed by atoms with Crippen LogP contribution in [0.3, 0.4) is 0 Å². The Bertz CT molecular complexity index is 456. The highest BCUT2D eigenvalue weighted by Gasteiger charge is 2.14. The number of thioether (sulfide) groups is 1. The first kappa shape index (κ1) is 14.1. The minimum Gasteiger partial charge on any atom is -0.469 e. The summed E-state index contributed by atoms with van der Waals surface area (Å²) in [6.07, 6.45) is 0. The van der Waals surface area contributed by atoms with Crippen molar-refractivity contribution < 1.29 is 9.53 Å². The van der Waals surface area contributed by atoms with Gasteiger partial charge in [-0.1, -0.05) is 22.9 Å². The second-order valence-corrected chi connectivity index (χ2v) is 5.47. The molecule has 0 spiro atoms. The molecule has 1 unspecified atom stereocenters. The smallest absolute Gasteiger partial charge is 0.309 e. The number of hydrogen-bond donors (Lipinski definition) is 0. The molecule has 0 heterocycles. The summed E-state index contributed by atoms with van der Waals surface area (Å²) in [5, 5.41) is 8.99. The van der Waals surface area contributed by atoms with Crippen LogP contribution in [0.4, 0.5) is 0 Å². The minimum atomic E-state index is -0.229. The SMILES string of the molecule is COC(=O)C(C)CSc1ccc(Br)cc1C#N. The molecule has 5 heteroatoms. The molecule has 0 N–H and O–H groups in total. The molecule has 90 valence electrons. The number of nitriles is 1. The maximum atomic E-state index is 11.2. The maximum absolute atomic E-state index is 11.2. The van der Waals surface area contributed by atoms with Crippen LogP contribution in [0.15, 0.2) is 27.6 Å². The van der Waals surface area contributed by atoms with E-state index in [1.54, 1.807) is 6.07 Å². The molecule has 1 aromatic rings. The van der Waals surface area contributed by atoms with Gasteiger partial charge in [0.25, 0.3) is 0 Å². The van der Waals surface area contributed by atoms with Crippen LogP contribution in [0, 0.1) is 17.2 Å². The molecule has 0 radical (unpaired) electrons. The van der Waals surface area contributed by atoms with Crippen LogP contribution >= 0.6 is 27.7 Å². The molecule has 0 aromatic heterocycles. The highest BCUT2D eigenvalue weighted by atomic mass is 79.9. The zero-order valence-corrected chi connectivity index (χ0v) is 12.0. The van der Waals surface area contributed by atoms with E-state index < -0.39 is 0 Å². The number of benzene rings is 1. The molecule has 3 nitrogen and oxygen atoms in total. The average molecular weight is 314 g/mol. The number of ether oxygens (including phenoxy) is 1.